The Morgan fingerprint density at radius 1 is 1.35 bits per heavy atom. The van der Waals surface area contributed by atoms with Gasteiger partial charge in [-0.1, -0.05) is 54.9 Å². The van der Waals surface area contributed by atoms with E-state index >= 15 is 0 Å². The fourth-order valence-corrected chi connectivity index (χ4v) is 3.99. The highest BCUT2D eigenvalue weighted by Gasteiger charge is 2.36. The molecule has 0 aliphatic carbocycles. The van der Waals surface area contributed by atoms with Gasteiger partial charge >= 0.3 is 0 Å². The fourth-order valence-electron chi connectivity index (χ4n) is 3.47. The van der Waals surface area contributed by atoms with Crippen molar-refractivity contribution < 1.29 is 0 Å². The van der Waals surface area contributed by atoms with Gasteiger partial charge in [0.1, 0.15) is 0 Å². The van der Waals surface area contributed by atoms with E-state index in [1.807, 2.05) is 0 Å². The molecule has 2 N–H and O–H groups in total. The number of hydrogen-bond acceptors (Lipinski definition) is 2. The van der Waals surface area contributed by atoms with Crippen LogP contribution >= 0.6 is 15.9 Å². The predicted octanol–water partition coefficient (Wildman–Crippen LogP) is 4.35. The lowest BCUT2D eigenvalue weighted by Gasteiger charge is -2.39. The van der Waals surface area contributed by atoms with Gasteiger partial charge < -0.3 is 5.73 Å². The number of halogens is 1. The minimum atomic E-state index is 0.188. The van der Waals surface area contributed by atoms with E-state index in [0.29, 0.717) is 18.0 Å². The smallest absolute Gasteiger partial charge is 0.0513 e. The van der Waals surface area contributed by atoms with Crippen LogP contribution in [0.4, 0.5) is 0 Å². The monoisotopic (exact) mass is 338 g/mol. The van der Waals surface area contributed by atoms with Crippen LogP contribution in [0.1, 0.15) is 51.6 Å². The Kier molecular flexibility index (Phi) is 5.65. The maximum absolute atomic E-state index is 6.50. The Morgan fingerprint density at radius 3 is 2.65 bits per heavy atom. The van der Waals surface area contributed by atoms with Crippen molar-refractivity contribution in [1.29, 1.82) is 0 Å². The van der Waals surface area contributed by atoms with Crippen LogP contribution in [0.15, 0.2) is 28.7 Å². The summed E-state index contributed by atoms with van der Waals surface area (Å²) in [6.07, 6.45) is 3.60. The van der Waals surface area contributed by atoms with Crippen molar-refractivity contribution in [2.24, 2.45) is 11.7 Å². The molecule has 1 aromatic carbocycles. The topological polar surface area (TPSA) is 29.3 Å². The summed E-state index contributed by atoms with van der Waals surface area (Å²) in [6.45, 7) is 8.02. The Bertz CT molecular complexity index is 433. The van der Waals surface area contributed by atoms with Crippen LogP contribution in [0.2, 0.25) is 0 Å². The molecule has 2 nitrogen and oxygen atoms in total. The van der Waals surface area contributed by atoms with Crippen LogP contribution < -0.4 is 5.73 Å². The predicted molar refractivity (Wildman–Crippen MR) is 89.7 cm³/mol. The lowest BCUT2D eigenvalue weighted by atomic mass is 9.93. The third kappa shape index (κ3) is 3.26. The van der Waals surface area contributed by atoms with Gasteiger partial charge in [-0.15, -0.1) is 0 Å². The zero-order valence-electron chi connectivity index (χ0n) is 12.8. The first-order valence-electron chi connectivity index (χ1n) is 7.82. The summed E-state index contributed by atoms with van der Waals surface area (Å²) in [5.41, 5.74) is 7.84. The molecule has 112 valence electrons. The van der Waals surface area contributed by atoms with Crippen LogP contribution in [0, 0.1) is 5.92 Å². The molecule has 2 rings (SSSR count). The van der Waals surface area contributed by atoms with Gasteiger partial charge in [-0.2, -0.15) is 0 Å². The Labute approximate surface area is 131 Å². The van der Waals surface area contributed by atoms with E-state index in [1.165, 1.54) is 29.4 Å². The highest BCUT2D eigenvalue weighted by Crippen LogP contribution is 2.37. The van der Waals surface area contributed by atoms with E-state index in [2.05, 4.69) is 65.9 Å². The molecule has 0 spiro atoms. The van der Waals surface area contributed by atoms with Crippen molar-refractivity contribution in [3.63, 3.8) is 0 Å². The van der Waals surface area contributed by atoms with E-state index in [-0.39, 0.29) is 6.04 Å². The third-order valence-electron chi connectivity index (χ3n) is 4.57. The number of nitrogens with two attached hydrogens (primary N) is 1. The van der Waals surface area contributed by atoms with Crippen molar-refractivity contribution in [1.82, 2.24) is 4.90 Å². The molecule has 3 atom stereocenters. The second-order valence-electron chi connectivity index (χ2n) is 6.23. The van der Waals surface area contributed by atoms with E-state index in [1.54, 1.807) is 0 Å². The summed E-state index contributed by atoms with van der Waals surface area (Å²) in [4.78, 5) is 2.65. The van der Waals surface area contributed by atoms with Crippen LogP contribution in [-0.2, 0) is 0 Å². The lowest BCUT2D eigenvalue weighted by Crippen LogP contribution is -2.45. The first-order valence-corrected chi connectivity index (χ1v) is 8.61. The molecule has 0 saturated carbocycles. The van der Waals surface area contributed by atoms with Crippen LogP contribution in [0.25, 0.3) is 0 Å². The minimum absolute atomic E-state index is 0.188. The van der Waals surface area contributed by atoms with E-state index in [9.17, 15) is 0 Å². The van der Waals surface area contributed by atoms with Crippen molar-refractivity contribution in [3.8, 4) is 0 Å². The molecule has 1 aliphatic heterocycles. The zero-order valence-corrected chi connectivity index (χ0v) is 14.4. The molecule has 1 aromatic rings. The summed E-state index contributed by atoms with van der Waals surface area (Å²) in [6, 6.07) is 9.72. The second kappa shape index (κ2) is 7.06. The Hall–Kier alpha value is -0.380. The normalized spacial score (nSPS) is 23.2. The summed E-state index contributed by atoms with van der Waals surface area (Å²) in [7, 11) is 0. The molecule has 0 aromatic heterocycles. The molecule has 3 heteroatoms. The molecule has 0 amide bonds. The van der Waals surface area contributed by atoms with Gasteiger partial charge in [-0.05, 0) is 43.4 Å². The number of rotatable bonds is 5. The van der Waals surface area contributed by atoms with Gasteiger partial charge in [0, 0.05) is 16.6 Å². The number of nitrogens with zero attached hydrogens (tertiary/aromatic N) is 1. The summed E-state index contributed by atoms with van der Waals surface area (Å²) >= 11 is 3.72. The molecule has 20 heavy (non-hydrogen) atoms. The maximum Gasteiger partial charge on any atom is 0.0513 e. The lowest BCUT2D eigenvalue weighted by molar-refractivity contribution is 0.124. The van der Waals surface area contributed by atoms with E-state index < -0.39 is 0 Å². The van der Waals surface area contributed by atoms with Crippen molar-refractivity contribution in [2.45, 2.75) is 58.2 Å². The average Bonchev–Trinajstić information content (AvgIpc) is 2.90. The van der Waals surface area contributed by atoms with E-state index in [0.717, 1.165) is 6.42 Å². The zero-order chi connectivity index (χ0) is 14.7. The van der Waals surface area contributed by atoms with Crippen LogP contribution in [0.5, 0.6) is 0 Å². The van der Waals surface area contributed by atoms with Crippen molar-refractivity contribution >= 4 is 15.9 Å². The molecule has 1 fully saturated rings. The maximum atomic E-state index is 6.50. The molecular formula is C17H27BrN2. The number of likely N-dealkylation sites (tertiary alicyclic amines) is 1. The molecule has 1 heterocycles. The highest BCUT2D eigenvalue weighted by atomic mass is 79.9. The van der Waals surface area contributed by atoms with Crippen LogP contribution in [0.3, 0.4) is 0 Å². The molecule has 1 aliphatic rings. The minimum Gasteiger partial charge on any atom is -0.326 e. The highest BCUT2D eigenvalue weighted by molar-refractivity contribution is 9.10. The average molecular weight is 339 g/mol. The Morgan fingerprint density at radius 2 is 2.05 bits per heavy atom. The SMILES string of the molecule is CCC(N)C(c1ccccc1Br)N1CCCC1C(C)C. The summed E-state index contributed by atoms with van der Waals surface area (Å²) < 4.78 is 1.18. The third-order valence-corrected chi connectivity index (χ3v) is 5.29. The van der Waals surface area contributed by atoms with Crippen molar-refractivity contribution in [2.75, 3.05) is 6.54 Å². The van der Waals surface area contributed by atoms with Gasteiger partial charge in [0.05, 0.1) is 6.04 Å². The fraction of sp³-hybridized carbons (Fsp3) is 0.647. The summed E-state index contributed by atoms with van der Waals surface area (Å²) in [5, 5.41) is 0. The molecule has 3 unspecified atom stereocenters. The number of benzene rings is 1. The second-order valence-corrected chi connectivity index (χ2v) is 7.08. The number of hydrogen-bond donors (Lipinski definition) is 1. The molecule has 1 saturated heterocycles. The summed E-state index contributed by atoms with van der Waals surface area (Å²) in [5.74, 6) is 0.687. The molecular weight excluding hydrogens is 312 g/mol. The van der Waals surface area contributed by atoms with Gasteiger partial charge in [-0.3, -0.25) is 4.90 Å². The van der Waals surface area contributed by atoms with E-state index in [4.69, 9.17) is 5.73 Å². The molecule has 0 radical (unpaired) electrons. The first-order chi connectivity index (χ1) is 9.56. The quantitative estimate of drug-likeness (QED) is 0.864. The van der Waals surface area contributed by atoms with Crippen molar-refractivity contribution in [3.05, 3.63) is 34.3 Å². The standard InChI is InChI=1S/C17H27BrN2/c1-4-15(19)17(13-8-5-6-9-14(13)18)20-11-7-10-16(20)12(2)3/h5-6,8-9,12,15-17H,4,7,10-11,19H2,1-3H3. The Balaban J connectivity index is 2.36. The molecule has 0 bridgehead atoms. The first kappa shape index (κ1) is 16.0. The largest absolute Gasteiger partial charge is 0.326 e. The van der Waals surface area contributed by atoms with Gasteiger partial charge in [0.2, 0.25) is 0 Å². The van der Waals surface area contributed by atoms with Gasteiger partial charge in [-0.25, -0.2) is 0 Å². The van der Waals surface area contributed by atoms with Crippen LogP contribution in [-0.4, -0.2) is 23.5 Å². The van der Waals surface area contributed by atoms with Gasteiger partial charge in [0.25, 0.3) is 0 Å². The van der Waals surface area contributed by atoms with Gasteiger partial charge in [0.15, 0.2) is 0 Å².